The Labute approximate surface area is 146 Å². The van der Waals surface area contributed by atoms with E-state index < -0.39 is 0 Å². The van der Waals surface area contributed by atoms with Gasteiger partial charge in [0.25, 0.3) is 0 Å². The third kappa shape index (κ3) is 3.23. The predicted molar refractivity (Wildman–Crippen MR) is 93.1 cm³/mol. The Morgan fingerprint density at radius 3 is 2.38 bits per heavy atom. The molecular formula is C18H15BrFN3O. The molecule has 2 aromatic carbocycles. The number of hydrogen-bond acceptors (Lipinski definition) is 2. The summed E-state index contributed by atoms with van der Waals surface area (Å²) in [6.45, 7) is 0.0365. The molecule has 3 rings (SSSR count). The molecular weight excluding hydrogens is 373 g/mol. The molecule has 1 aromatic heterocycles. The molecule has 0 amide bonds. The SMILES string of the molecule is Cn1c(-c2ccc(Br)cc2)cn(CC(=O)c2ccc(F)cc2)c1=N. The molecule has 0 aliphatic heterocycles. The summed E-state index contributed by atoms with van der Waals surface area (Å²) in [6, 6.07) is 13.2. The van der Waals surface area contributed by atoms with Crippen molar-refractivity contribution in [3.63, 3.8) is 0 Å². The van der Waals surface area contributed by atoms with E-state index in [-0.39, 0.29) is 23.8 Å². The molecule has 122 valence electrons. The minimum absolute atomic E-state index is 0.0365. The fourth-order valence-electron chi connectivity index (χ4n) is 2.49. The van der Waals surface area contributed by atoms with Gasteiger partial charge in [0, 0.05) is 23.3 Å². The van der Waals surface area contributed by atoms with Crippen LogP contribution in [0.2, 0.25) is 0 Å². The minimum atomic E-state index is -0.377. The fraction of sp³-hybridized carbons (Fsp3) is 0.111. The number of hydrogen-bond donors (Lipinski definition) is 1. The van der Waals surface area contributed by atoms with Crippen LogP contribution in [0.25, 0.3) is 11.3 Å². The van der Waals surface area contributed by atoms with E-state index in [1.807, 2.05) is 24.3 Å². The molecule has 0 fully saturated rings. The first-order chi connectivity index (χ1) is 11.5. The Kier molecular flexibility index (Phi) is 4.49. The maximum Gasteiger partial charge on any atom is 0.202 e. The van der Waals surface area contributed by atoms with Crippen molar-refractivity contribution in [3.8, 4) is 11.3 Å². The summed E-state index contributed by atoms with van der Waals surface area (Å²) in [5.74, 6) is -0.543. The Balaban J connectivity index is 1.91. The third-order valence-electron chi connectivity index (χ3n) is 3.85. The van der Waals surface area contributed by atoms with Gasteiger partial charge in [0.15, 0.2) is 5.78 Å². The number of ketones is 1. The Bertz CT molecular complexity index is 940. The van der Waals surface area contributed by atoms with Gasteiger partial charge in [-0.25, -0.2) is 4.39 Å². The minimum Gasteiger partial charge on any atom is -0.314 e. The highest BCUT2D eigenvalue weighted by Crippen LogP contribution is 2.20. The van der Waals surface area contributed by atoms with Gasteiger partial charge < -0.3 is 9.13 Å². The van der Waals surface area contributed by atoms with Crippen molar-refractivity contribution in [2.45, 2.75) is 6.54 Å². The molecule has 0 saturated heterocycles. The van der Waals surface area contributed by atoms with E-state index in [4.69, 9.17) is 5.41 Å². The van der Waals surface area contributed by atoms with E-state index in [2.05, 4.69) is 15.9 Å². The van der Waals surface area contributed by atoms with Gasteiger partial charge in [0.05, 0.1) is 12.2 Å². The molecule has 0 saturated carbocycles. The van der Waals surface area contributed by atoms with Crippen LogP contribution < -0.4 is 5.62 Å². The van der Waals surface area contributed by atoms with Crippen LogP contribution >= 0.6 is 15.9 Å². The lowest BCUT2D eigenvalue weighted by Crippen LogP contribution is -2.25. The second-order valence-electron chi connectivity index (χ2n) is 5.46. The molecule has 0 spiro atoms. The number of carbonyl (C=O) groups is 1. The summed E-state index contributed by atoms with van der Waals surface area (Å²) in [5, 5.41) is 8.20. The van der Waals surface area contributed by atoms with Gasteiger partial charge in [-0.3, -0.25) is 10.2 Å². The lowest BCUT2D eigenvalue weighted by atomic mass is 10.1. The number of rotatable bonds is 4. The molecule has 0 aliphatic carbocycles. The summed E-state index contributed by atoms with van der Waals surface area (Å²) in [4.78, 5) is 12.3. The standard InChI is InChI=1S/C18H15BrFN3O/c1-22-16(12-2-6-14(19)7-3-12)10-23(18(22)21)11-17(24)13-4-8-15(20)9-5-13/h2-10,21H,11H2,1H3. The van der Waals surface area contributed by atoms with Crippen molar-refractivity contribution in [2.24, 2.45) is 7.05 Å². The van der Waals surface area contributed by atoms with E-state index in [1.165, 1.54) is 24.3 Å². The van der Waals surface area contributed by atoms with Gasteiger partial charge in [-0.05, 0) is 42.0 Å². The number of nitrogens with one attached hydrogen (secondary N) is 1. The largest absolute Gasteiger partial charge is 0.314 e. The zero-order valence-electron chi connectivity index (χ0n) is 13.0. The predicted octanol–water partition coefficient (Wildman–Crippen LogP) is 3.76. The van der Waals surface area contributed by atoms with Crippen LogP contribution in [0.3, 0.4) is 0 Å². The van der Waals surface area contributed by atoms with Gasteiger partial charge in [0.2, 0.25) is 5.62 Å². The number of imidazole rings is 1. The van der Waals surface area contributed by atoms with Crippen molar-refractivity contribution in [1.29, 1.82) is 5.41 Å². The van der Waals surface area contributed by atoms with E-state index in [1.54, 1.807) is 22.4 Å². The average molecular weight is 388 g/mol. The molecule has 0 atom stereocenters. The van der Waals surface area contributed by atoms with Gasteiger partial charge in [-0.2, -0.15) is 0 Å². The number of Topliss-reactive ketones (excluding diaryl/α,β-unsaturated/α-hetero) is 1. The topological polar surface area (TPSA) is 50.8 Å². The van der Waals surface area contributed by atoms with Crippen LogP contribution in [-0.2, 0) is 13.6 Å². The Morgan fingerprint density at radius 2 is 1.75 bits per heavy atom. The molecule has 0 aliphatic rings. The first kappa shape index (κ1) is 16.4. The van der Waals surface area contributed by atoms with E-state index in [9.17, 15) is 9.18 Å². The van der Waals surface area contributed by atoms with Crippen molar-refractivity contribution >= 4 is 21.7 Å². The molecule has 1 heterocycles. The molecule has 24 heavy (non-hydrogen) atoms. The molecule has 0 radical (unpaired) electrons. The van der Waals surface area contributed by atoms with E-state index >= 15 is 0 Å². The first-order valence-corrected chi connectivity index (χ1v) is 8.10. The van der Waals surface area contributed by atoms with Gasteiger partial charge in [0.1, 0.15) is 5.82 Å². The van der Waals surface area contributed by atoms with Crippen molar-refractivity contribution < 1.29 is 9.18 Å². The van der Waals surface area contributed by atoms with Crippen LogP contribution in [-0.4, -0.2) is 14.9 Å². The normalized spacial score (nSPS) is 10.8. The second-order valence-corrected chi connectivity index (χ2v) is 6.38. The number of carbonyl (C=O) groups excluding carboxylic acids is 1. The monoisotopic (exact) mass is 387 g/mol. The lowest BCUT2D eigenvalue weighted by molar-refractivity contribution is 0.0970. The molecule has 1 N–H and O–H groups in total. The number of aromatic nitrogens is 2. The van der Waals surface area contributed by atoms with Gasteiger partial charge in [-0.1, -0.05) is 28.1 Å². The zero-order chi connectivity index (χ0) is 17.3. The molecule has 4 nitrogen and oxygen atoms in total. The lowest BCUT2D eigenvalue weighted by Gasteiger charge is -2.02. The Hall–Kier alpha value is -2.47. The van der Waals surface area contributed by atoms with Crippen molar-refractivity contribution in [3.05, 3.63) is 76.2 Å². The highest BCUT2D eigenvalue weighted by Gasteiger charge is 2.12. The number of benzene rings is 2. The fourth-order valence-corrected chi connectivity index (χ4v) is 2.76. The highest BCUT2D eigenvalue weighted by molar-refractivity contribution is 9.10. The average Bonchev–Trinajstić information content (AvgIpc) is 2.85. The van der Waals surface area contributed by atoms with Crippen LogP contribution in [0.1, 0.15) is 10.4 Å². The first-order valence-electron chi connectivity index (χ1n) is 7.31. The van der Waals surface area contributed by atoms with Crippen molar-refractivity contribution in [2.75, 3.05) is 0 Å². The van der Waals surface area contributed by atoms with E-state index in [0.29, 0.717) is 5.56 Å². The van der Waals surface area contributed by atoms with Gasteiger partial charge >= 0.3 is 0 Å². The molecule has 0 unspecified atom stereocenters. The maximum absolute atomic E-state index is 13.0. The zero-order valence-corrected chi connectivity index (χ0v) is 14.5. The molecule has 3 aromatic rings. The van der Waals surface area contributed by atoms with Crippen LogP contribution in [0.5, 0.6) is 0 Å². The van der Waals surface area contributed by atoms with Gasteiger partial charge in [-0.15, -0.1) is 0 Å². The summed E-state index contributed by atoms with van der Waals surface area (Å²) in [6.07, 6.45) is 1.78. The van der Waals surface area contributed by atoms with Crippen LogP contribution in [0.15, 0.2) is 59.2 Å². The quantitative estimate of drug-likeness (QED) is 0.680. The molecule has 6 heteroatoms. The smallest absolute Gasteiger partial charge is 0.202 e. The van der Waals surface area contributed by atoms with Crippen LogP contribution in [0.4, 0.5) is 4.39 Å². The van der Waals surface area contributed by atoms with Crippen LogP contribution in [0, 0.1) is 11.2 Å². The second kappa shape index (κ2) is 6.57. The number of halogens is 2. The summed E-state index contributed by atoms with van der Waals surface area (Å²) in [5.41, 5.74) is 2.46. The highest BCUT2D eigenvalue weighted by atomic mass is 79.9. The van der Waals surface area contributed by atoms with E-state index in [0.717, 1.165) is 15.7 Å². The summed E-state index contributed by atoms with van der Waals surface area (Å²) in [7, 11) is 1.79. The number of nitrogens with zero attached hydrogens (tertiary/aromatic N) is 2. The molecule has 0 bridgehead atoms. The summed E-state index contributed by atoms with van der Waals surface area (Å²) >= 11 is 3.40. The van der Waals surface area contributed by atoms with Crippen molar-refractivity contribution in [1.82, 2.24) is 9.13 Å². The third-order valence-corrected chi connectivity index (χ3v) is 4.38. The maximum atomic E-state index is 13.0. The summed E-state index contributed by atoms with van der Waals surface area (Å²) < 4.78 is 17.2. The Morgan fingerprint density at radius 1 is 1.12 bits per heavy atom.